The molecule has 0 unspecified atom stereocenters. The van der Waals surface area contributed by atoms with Crippen molar-refractivity contribution in [3.8, 4) is 0 Å². The van der Waals surface area contributed by atoms with Crippen LogP contribution in [0.1, 0.15) is 31.9 Å². The molecule has 0 radical (unpaired) electrons. The molecular weight excluding hydrogens is 254 g/mol. The summed E-state index contributed by atoms with van der Waals surface area (Å²) in [7, 11) is 0. The van der Waals surface area contributed by atoms with Crippen molar-refractivity contribution in [1.82, 2.24) is 4.90 Å². The predicted molar refractivity (Wildman–Crippen MR) is 70.9 cm³/mol. The fourth-order valence-corrected chi connectivity index (χ4v) is 2.24. The highest BCUT2D eigenvalue weighted by Gasteiger charge is 2.25. The fourth-order valence-electron chi connectivity index (χ4n) is 1.98. The van der Waals surface area contributed by atoms with Crippen LogP contribution in [0.5, 0.6) is 0 Å². The quantitative estimate of drug-likeness (QED) is 0.865. The van der Waals surface area contributed by atoms with Crippen LogP contribution in [-0.4, -0.2) is 33.9 Å². The predicted octanol–water partition coefficient (Wildman–Crippen LogP) is 3.15. The Bertz CT molecular complexity index is 409. The molecule has 1 rings (SSSR count). The number of aliphatic hydroxyl groups is 1. The number of amides is 1. The summed E-state index contributed by atoms with van der Waals surface area (Å²) in [5.74, 6) is 0. The van der Waals surface area contributed by atoms with Gasteiger partial charge in [-0.25, -0.2) is 4.79 Å². The monoisotopic (exact) mass is 271 g/mol. The van der Waals surface area contributed by atoms with E-state index in [-0.39, 0.29) is 12.6 Å². The molecule has 2 N–H and O–H groups in total. The number of hydrogen-bond donors (Lipinski definition) is 2. The molecule has 0 heterocycles. The van der Waals surface area contributed by atoms with E-state index >= 15 is 0 Å². The fraction of sp³-hybridized carbons (Fsp3) is 0.462. The van der Waals surface area contributed by atoms with Crippen LogP contribution in [0.2, 0.25) is 5.02 Å². The third-order valence-corrected chi connectivity index (χ3v) is 3.08. The Kier molecular flexibility index (Phi) is 5.44. The Morgan fingerprint density at radius 3 is 2.50 bits per heavy atom. The first-order chi connectivity index (χ1) is 8.47. The number of halogens is 1. The number of nitrogens with zero attached hydrogens (tertiary/aromatic N) is 1. The average molecular weight is 272 g/mol. The van der Waals surface area contributed by atoms with Crippen molar-refractivity contribution in [2.24, 2.45) is 0 Å². The topological polar surface area (TPSA) is 60.8 Å². The molecule has 0 spiro atoms. The van der Waals surface area contributed by atoms with Crippen molar-refractivity contribution in [2.45, 2.75) is 32.4 Å². The number of aliphatic hydroxyl groups excluding tert-OH is 1. The van der Waals surface area contributed by atoms with Crippen LogP contribution in [0.4, 0.5) is 4.79 Å². The first kappa shape index (κ1) is 14.8. The van der Waals surface area contributed by atoms with Crippen molar-refractivity contribution in [1.29, 1.82) is 0 Å². The minimum atomic E-state index is -1.05. The minimum absolute atomic E-state index is 0.0685. The van der Waals surface area contributed by atoms with Crippen molar-refractivity contribution >= 4 is 17.7 Å². The van der Waals surface area contributed by atoms with E-state index in [4.69, 9.17) is 11.6 Å². The summed E-state index contributed by atoms with van der Waals surface area (Å²) in [6.07, 6.45) is -1.16. The molecule has 0 bridgehead atoms. The lowest BCUT2D eigenvalue weighted by atomic mass is 10.0. The first-order valence-corrected chi connectivity index (χ1v) is 6.27. The van der Waals surface area contributed by atoms with Gasteiger partial charge in [-0.2, -0.15) is 0 Å². The van der Waals surface area contributed by atoms with E-state index < -0.39 is 12.2 Å². The average Bonchev–Trinajstić information content (AvgIpc) is 2.30. The summed E-state index contributed by atoms with van der Waals surface area (Å²) >= 11 is 6.10. The molecule has 100 valence electrons. The molecule has 5 heteroatoms. The van der Waals surface area contributed by atoms with Crippen LogP contribution >= 0.6 is 11.6 Å². The van der Waals surface area contributed by atoms with E-state index in [0.717, 1.165) is 5.56 Å². The Morgan fingerprint density at radius 1 is 1.44 bits per heavy atom. The van der Waals surface area contributed by atoms with Crippen molar-refractivity contribution in [2.75, 3.05) is 6.54 Å². The summed E-state index contributed by atoms with van der Waals surface area (Å²) in [5, 5.41) is 19.2. The zero-order chi connectivity index (χ0) is 13.7. The van der Waals surface area contributed by atoms with Gasteiger partial charge in [-0.1, -0.05) is 36.7 Å². The summed E-state index contributed by atoms with van der Waals surface area (Å²) in [6.45, 7) is 3.53. The van der Waals surface area contributed by atoms with Crippen LogP contribution < -0.4 is 0 Å². The summed E-state index contributed by atoms with van der Waals surface area (Å²) < 4.78 is 0. The maximum absolute atomic E-state index is 11.3. The standard InChI is InChI=1S/C13H18ClNO3/c1-3-12(10-6-4-5-7-11(10)14)15(13(17)18)8-9(2)16/h4-7,9,12,16H,3,8H2,1-2H3,(H,17,18)/t9-,12-/m1/s1. The van der Waals surface area contributed by atoms with Gasteiger partial charge in [0.1, 0.15) is 0 Å². The third-order valence-electron chi connectivity index (χ3n) is 2.73. The molecule has 0 saturated heterocycles. The van der Waals surface area contributed by atoms with E-state index in [1.807, 2.05) is 19.1 Å². The number of rotatable bonds is 5. The van der Waals surface area contributed by atoms with Gasteiger partial charge in [0, 0.05) is 5.02 Å². The zero-order valence-corrected chi connectivity index (χ0v) is 11.3. The number of carboxylic acid groups (broad SMARTS) is 1. The van der Waals surface area contributed by atoms with E-state index in [9.17, 15) is 15.0 Å². The van der Waals surface area contributed by atoms with Gasteiger partial charge in [-0.15, -0.1) is 0 Å². The van der Waals surface area contributed by atoms with Gasteiger partial charge < -0.3 is 10.2 Å². The Labute approximate surface area is 112 Å². The smallest absolute Gasteiger partial charge is 0.407 e. The molecule has 0 fully saturated rings. The summed E-state index contributed by atoms with van der Waals surface area (Å²) in [6, 6.07) is 6.84. The van der Waals surface area contributed by atoms with Crippen LogP contribution in [-0.2, 0) is 0 Å². The van der Waals surface area contributed by atoms with Crippen LogP contribution in [0.15, 0.2) is 24.3 Å². The number of hydrogen-bond acceptors (Lipinski definition) is 2. The normalized spacial score (nSPS) is 14.0. The highest BCUT2D eigenvalue weighted by atomic mass is 35.5. The molecular formula is C13H18ClNO3. The van der Waals surface area contributed by atoms with Gasteiger partial charge in [-0.3, -0.25) is 4.90 Å². The van der Waals surface area contributed by atoms with Gasteiger partial charge in [0.2, 0.25) is 0 Å². The second-order valence-corrected chi connectivity index (χ2v) is 4.64. The Morgan fingerprint density at radius 2 is 2.06 bits per heavy atom. The lowest BCUT2D eigenvalue weighted by Crippen LogP contribution is -2.38. The lowest BCUT2D eigenvalue weighted by molar-refractivity contribution is 0.0821. The van der Waals surface area contributed by atoms with E-state index in [0.29, 0.717) is 11.4 Å². The molecule has 2 atom stereocenters. The van der Waals surface area contributed by atoms with Gasteiger partial charge in [0.25, 0.3) is 0 Å². The van der Waals surface area contributed by atoms with Gasteiger partial charge in [0.15, 0.2) is 0 Å². The molecule has 1 aromatic rings. The molecule has 1 amide bonds. The minimum Gasteiger partial charge on any atom is -0.465 e. The van der Waals surface area contributed by atoms with Crippen molar-refractivity contribution < 1.29 is 15.0 Å². The van der Waals surface area contributed by atoms with E-state index in [2.05, 4.69) is 0 Å². The van der Waals surface area contributed by atoms with Crippen LogP contribution in [0, 0.1) is 0 Å². The first-order valence-electron chi connectivity index (χ1n) is 5.89. The highest BCUT2D eigenvalue weighted by Crippen LogP contribution is 2.30. The largest absolute Gasteiger partial charge is 0.465 e. The molecule has 0 aliphatic carbocycles. The zero-order valence-electron chi connectivity index (χ0n) is 10.5. The SMILES string of the molecule is CC[C@H](c1ccccc1Cl)N(C[C@@H](C)O)C(=O)O. The van der Waals surface area contributed by atoms with Crippen molar-refractivity contribution in [3.05, 3.63) is 34.9 Å². The molecule has 1 aromatic carbocycles. The summed E-state index contributed by atoms with van der Waals surface area (Å²) in [4.78, 5) is 12.5. The second-order valence-electron chi connectivity index (χ2n) is 4.23. The molecule has 0 aliphatic heterocycles. The third kappa shape index (κ3) is 3.62. The van der Waals surface area contributed by atoms with E-state index in [1.165, 1.54) is 4.90 Å². The maximum Gasteiger partial charge on any atom is 0.407 e. The molecule has 0 aliphatic rings. The van der Waals surface area contributed by atoms with Crippen LogP contribution in [0.25, 0.3) is 0 Å². The highest BCUT2D eigenvalue weighted by molar-refractivity contribution is 6.31. The Hall–Kier alpha value is -1.26. The summed E-state index contributed by atoms with van der Waals surface area (Å²) in [5.41, 5.74) is 0.768. The van der Waals surface area contributed by atoms with Gasteiger partial charge >= 0.3 is 6.09 Å². The van der Waals surface area contributed by atoms with E-state index in [1.54, 1.807) is 19.1 Å². The van der Waals surface area contributed by atoms with Gasteiger partial charge in [-0.05, 0) is 25.0 Å². The Balaban J connectivity index is 3.06. The van der Waals surface area contributed by atoms with Gasteiger partial charge in [0.05, 0.1) is 18.7 Å². The molecule has 0 saturated carbocycles. The van der Waals surface area contributed by atoms with Crippen LogP contribution in [0.3, 0.4) is 0 Å². The molecule has 4 nitrogen and oxygen atoms in total. The molecule has 0 aromatic heterocycles. The lowest BCUT2D eigenvalue weighted by Gasteiger charge is -2.30. The second kappa shape index (κ2) is 6.61. The number of carbonyl (C=O) groups is 1. The number of benzene rings is 1. The van der Waals surface area contributed by atoms with Crippen molar-refractivity contribution in [3.63, 3.8) is 0 Å². The molecule has 18 heavy (non-hydrogen) atoms. The maximum atomic E-state index is 11.3.